The number of aromatic nitrogens is 4. The van der Waals surface area contributed by atoms with Gasteiger partial charge in [0.05, 0.1) is 24.8 Å². The maximum atomic E-state index is 12.1. The van der Waals surface area contributed by atoms with Crippen molar-refractivity contribution in [3.05, 3.63) is 58.7 Å². The summed E-state index contributed by atoms with van der Waals surface area (Å²) in [5.41, 5.74) is 1.25. The average Bonchev–Trinajstić information content (AvgIpc) is 3.56. The summed E-state index contributed by atoms with van der Waals surface area (Å²) in [7, 11) is 1.63. The molecule has 4 aromatic rings. The Hall–Kier alpha value is -3.11. The van der Waals surface area contributed by atoms with Crippen LogP contribution in [0.2, 0.25) is 0 Å². The van der Waals surface area contributed by atoms with Crippen molar-refractivity contribution in [1.29, 1.82) is 0 Å². The molecule has 4 rings (SSSR count). The van der Waals surface area contributed by atoms with E-state index < -0.39 is 0 Å². The molecule has 0 saturated heterocycles. The Morgan fingerprint density at radius 3 is 2.90 bits per heavy atom. The molecule has 10 heteroatoms. The standard InChI is InChI=1S/C21H21N5O3S2/c1-3-10-22-20(27)14-12-30-18(23-14)13-31-21-25-24-19(17-9-6-11-29-17)26(21)15-7-4-5-8-16(15)28-2/h4-9,11-12H,3,10,13H2,1-2H3,(H,22,27). The molecule has 0 unspecified atom stereocenters. The molecule has 1 amide bonds. The number of furan rings is 1. The Bertz CT molecular complexity index is 1150. The van der Waals surface area contributed by atoms with Crippen molar-refractivity contribution in [3.63, 3.8) is 0 Å². The van der Waals surface area contributed by atoms with Crippen LogP contribution in [0.5, 0.6) is 5.75 Å². The number of thiazole rings is 1. The first-order valence-electron chi connectivity index (χ1n) is 9.69. The average molecular weight is 456 g/mol. The van der Waals surface area contributed by atoms with Gasteiger partial charge in [-0.25, -0.2) is 4.98 Å². The number of amides is 1. The summed E-state index contributed by atoms with van der Waals surface area (Å²) in [6, 6.07) is 11.3. The lowest BCUT2D eigenvalue weighted by Gasteiger charge is -2.12. The molecule has 3 heterocycles. The van der Waals surface area contributed by atoms with Crippen molar-refractivity contribution in [3.8, 4) is 23.0 Å². The molecule has 1 N–H and O–H groups in total. The topological polar surface area (TPSA) is 95.1 Å². The number of thioether (sulfide) groups is 1. The summed E-state index contributed by atoms with van der Waals surface area (Å²) in [6.45, 7) is 2.65. The van der Waals surface area contributed by atoms with E-state index in [9.17, 15) is 4.79 Å². The zero-order valence-corrected chi connectivity index (χ0v) is 18.7. The van der Waals surface area contributed by atoms with Crippen molar-refractivity contribution in [2.75, 3.05) is 13.7 Å². The van der Waals surface area contributed by atoms with Crippen LogP contribution < -0.4 is 10.1 Å². The van der Waals surface area contributed by atoms with Crippen LogP contribution in [0.3, 0.4) is 0 Å². The second-order valence-corrected chi connectivity index (χ2v) is 8.35. The van der Waals surface area contributed by atoms with Crippen LogP contribution in [-0.4, -0.2) is 39.3 Å². The Morgan fingerprint density at radius 2 is 2.13 bits per heavy atom. The lowest BCUT2D eigenvalue weighted by molar-refractivity contribution is 0.0949. The summed E-state index contributed by atoms with van der Waals surface area (Å²) in [6.07, 6.45) is 2.49. The predicted octanol–water partition coefficient (Wildman–Crippen LogP) is 4.42. The number of nitrogens with zero attached hydrogens (tertiary/aromatic N) is 4. The van der Waals surface area contributed by atoms with E-state index in [-0.39, 0.29) is 5.91 Å². The van der Waals surface area contributed by atoms with Gasteiger partial charge in [-0.2, -0.15) is 0 Å². The fourth-order valence-corrected chi connectivity index (χ4v) is 4.63. The molecule has 0 spiro atoms. The number of carbonyl (C=O) groups excluding carboxylic acids is 1. The van der Waals surface area contributed by atoms with E-state index in [4.69, 9.17) is 9.15 Å². The molecule has 160 valence electrons. The first-order chi connectivity index (χ1) is 15.2. The lowest BCUT2D eigenvalue weighted by Crippen LogP contribution is -2.24. The van der Waals surface area contributed by atoms with Gasteiger partial charge in [0.2, 0.25) is 5.82 Å². The minimum absolute atomic E-state index is 0.147. The third-order valence-electron chi connectivity index (χ3n) is 4.35. The number of ether oxygens (including phenoxy) is 1. The second-order valence-electron chi connectivity index (χ2n) is 6.46. The molecule has 1 aromatic carbocycles. The van der Waals surface area contributed by atoms with Gasteiger partial charge in [-0.1, -0.05) is 30.8 Å². The number of benzene rings is 1. The van der Waals surface area contributed by atoms with Crippen molar-refractivity contribution in [2.45, 2.75) is 24.3 Å². The molecule has 8 nitrogen and oxygen atoms in total. The maximum absolute atomic E-state index is 12.1. The normalized spacial score (nSPS) is 10.9. The minimum Gasteiger partial charge on any atom is -0.495 e. The number of carbonyl (C=O) groups is 1. The van der Waals surface area contributed by atoms with Crippen LogP contribution in [0, 0.1) is 0 Å². The van der Waals surface area contributed by atoms with Crippen LogP contribution in [0.25, 0.3) is 17.3 Å². The van der Waals surface area contributed by atoms with Crippen molar-refractivity contribution in [1.82, 2.24) is 25.1 Å². The van der Waals surface area contributed by atoms with E-state index in [2.05, 4.69) is 20.5 Å². The van der Waals surface area contributed by atoms with Gasteiger partial charge in [-0.05, 0) is 30.7 Å². The van der Waals surface area contributed by atoms with Gasteiger partial charge < -0.3 is 14.5 Å². The number of nitrogens with one attached hydrogen (secondary N) is 1. The van der Waals surface area contributed by atoms with Gasteiger partial charge in [0, 0.05) is 11.9 Å². The van der Waals surface area contributed by atoms with Crippen molar-refractivity contribution >= 4 is 29.0 Å². The third-order valence-corrected chi connectivity index (χ3v) is 6.32. The Labute approximate surface area is 187 Å². The number of rotatable bonds is 9. The molecule has 0 aliphatic heterocycles. The molecule has 0 bridgehead atoms. The molecule has 0 radical (unpaired) electrons. The molecular formula is C21H21N5O3S2. The van der Waals surface area contributed by atoms with Crippen molar-refractivity contribution < 1.29 is 13.9 Å². The summed E-state index contributed by atoms with van der Waals surface area (Å²) < 4.78 is 13.0. The highest BCUT2D eigenvalue weighted by atomic mass is 32.2. The van der Waals surface area contributed by atoms with Gasteiger partial charge in [-0.3, -0.25) is 9.36 Å². The fourth-order valence-electron chi connectivity index (χ4n) is 2.90. The van der Waals surface area contributed by atoms with Gasteiger partial charge in [0.15, 0.2) is 10.9 Å². The molecule has 0 aliphatic rings. The number of hydrogen-bond acceptors (Lipinski definition) is 8. The van der Waals surface area contributed by atoms with Crippen LogP contribution >= 0.6 is 23.1 Å². The SMILES string of the molecule is CCCNC(=O)c1csc(CSc2nnc(-c3ccco3)n2-c2ccccc2OC)n1. The zero-order valence-electron chi connectivity index (χ0n) is 17.1. The zero-order chi connectivity index (χ0) is 21.6. The minimum atomic E-state index is -0.147. The highest BCUT2D eigenvalue weighted by Gasteiger charge is 2.21. The highest BCUT2D eigenvalue weighted by Crippen LogP contribution is 2.34. The molecular weight excluding hydrogens is 434 g/mol. The molecule has 0 saturated carbocycles. The van der Waals surface area contributed by atoms with Crippen LogP contribution in [0.15, 0.2) is 57.6 Å². The predicted molar refractivity (Wildman–Crippen MR) is 120 cm³/mol. The summed E-state index contributed by atoms with van der Waals surface area (Å²) in [4.78, 5) is 16.6. The van der Waals surface area contributed by atoms with E-state index in [1.165, 1.54) is 23.1 Å². The van der Waals surface area contributed by atoms with Gasteiger partial charge >= 0.3 is 0 Å². The van der Waals surface area contributed by atoms with Gasteiger partial charge in [0.25, 0.3) is 5.91 Å². The monoisotopic (exact) mass is 455 g/mol. The maximum Gasteiger partial charge on any atom is 0.270 e. The second kappa shape index (κ2) is 9.80. The largest absolute Gasteiger partial charge is 0.495 e. The third kappa shape index (κ3) is 4.64. The number of para-hydroxylation sites is 2. The lowest BCUT2D eigenvalue weighted by atomic mass is 10.3. The highest BCUT2D eigenvalue weighted by molar-refractivity contribution is 7.98. The number of hydrogen-bond donors (Lipinski definition) is 1. The summed E-state index contributed by atoms with van der Waals surface area (Å²) in [5, 5.41) is 14.9. The number of methoxy groups -OCH3 is 1. The summed E-state index contributed by atoms with van der Waals surface area (Å²) in [5.74, 6) is 2.29. The van der Waals surface area contributed by atoms with E-state index in [0.717, 1.165) is 17.1 Å². The molecule has 0 atom stereocenters. The summed E-state index contributed by atoms with van der Waals surface area (Å²) >= 11 is 2.93. The van der Waals surface area contributed by atoms with E-state index >= 15 is 0 Å². The Morgan fingerprint density at radius 1 is 1.26 bits per heavy atom. The first-order valence-corrected chi connectivity index (χ1v) is 11.6. The van der Waals surface area contributed by atoms with Gasteiger partial charge in [-0.15, -0.1) is 21.5 Å². The molecule has 31 heavy (non-hydrogen) atoms. The molecule has 3 aromatic heterocycles. The van der Waals surface area contributed by atoms with Crippen molar-refractivity contribution in [2.24, 2.45) is 0 Å². The Kier molecular flexibility index (Phi) is 6.68. The van der Waals surface area contributed by atoms with E-state index in [1.54, 1.807) is 18.8 Å². The van der Waals surface area contributed by atoms with Gasteiger partial charge in [0.1, 0.15) is 16.5 Å². The smallest absolute Gasteiger partial charge is 0.270 e. The van der Waals surface area contributed by atoms with Crippen LogP contribution in [-0.2, 0) is 5.75 Å². The first kappa shape index (κ1) is 21.1. The molecule has 0 aliphatic carbocycles. The van der Waals surface area contributed by atoms with E-state index in [1.807, 2.05) is 47.9 Å². The molecule has 0 fully saturated rings. The fraction of sp³-hybridized carbons (Fsp3) is 0.238. The van der Waals surface area contributed by atoms with Crippen LogP contribution in [0.4, 0.5) is 0 Å². The quantitative estimate of drug-likeness (QED) is 0.373. The van der Waals surface area contributed by atoms with Crippen LogP contribution in [0.1, 0.15) is 28.8 Å². The Balaban J connectivity index is 1.61. The van der Waals surface area contributed by atoms with E-state index in [0.29, 0.717) is 40.5 Å².